The number of H-pyrrole nitrogens is 1. The van der Waals surface area contributed by atoms with Crippen LogP contribution in [0.25, 0.3) is 0 Å². The second-order valence-electron chi connectivity index (χ2n) is 5.25. The van der Waals surface area contributed by atoms with Crippen molar-refractivity contribution in [2.75, 3.05) is 4.72 Å². The van der Waals surface area contributed by atoms with Crippen LogP contribution in [0.15, 0.2) is 35.2 Å². The topological polar surface area (TPSA) is 118 Å². The second-order valence-corrected chi connectivity index (χ2v) is 6.94. The van der Waals surface area contributed by atoms with E-state index in [2.05, 4.69) is 21.8 Å². The fraction of sp³-hybridized carbons (Fsp3) is 0.357. The van der Waals surface area contributed by atoms with Gasteiger partial charge < -0.3 is 0 Å². The van der Waals surface area contributed by atoms with Crippen LogP contribution in [0, 0.1) is 10.1 Å². The Balaban J connectivity index is 2.16. The number of hydrogen-bond acceptors (Lipinski definition) is 5. The largest absolute Gasteiger partial charge is 0.280 e. The Hall–Kier alpha value is -2.42. The Labute approximate surface area is 134 Å². The first-order valence-corrected chi connectivity index (χ1v) is 8.64. The lowest BCUT2D eigenvalue weighted by atomic mass is 10.0. The van der Waals surface area contributed by atoms with Gasteiger partial charge in [0.15, 0.2) is 5.82 Å². The number of hydrogen-bond donors (Lipinski definition) is 2. The van der Waals surface area contributed by atoms with Crippen molar-refractivity contribution >= 4 is 21.5 Å². The van der Waals surface area contributed by atoms with Gasteiger partial charge in [-0.1, -0.05) is 20.3 Å². The summed E-state index contributed by atoms with van der Waals surface area (Å²) in [5.74, 6) is 0.450. The quantitative estimate of drug-likeness (QED) is 0.594. The van der Waals surface area contributed by atoms with Crippen LogP contribution in [0.4, 0.5) is 11.5 Å². The molecule has 8 nitrogen and oxygen atoms in total. The van der Waals surface area contributed by atoms with Crippen LogP contribution in [0.2, 0.25) is 0 Å². The molecule has 0 bridgehead atoms. The number of nitrogens with one attached hydrogen (secondary N) is 2. The zero-order chi connectivity index (χ0) is 17.0. The van der Waals surface area contributed by atoms with Crippen LogP contribution < -0.4 is 4.72 Å². The normalized spacial score (nSPS) is 12.8. The number of nitrogens with zero attached hydrogens (tertiary/aromatic N) is 2. The standard InChI is InChI=1S/C14H18N4O4S/c1-3-4-10(2)13-9-14(16-15-13)17-23(21,22)12-7-5-11(6-8-12)18(19)20/h5-10H,3-4H2,1-2H3,(H2,15,16,17)/t10-/m0/s1. The van der Waals surface area contributed by atoms with Crippen molar-refractivity contribution in [3.05, 3.63) is 46.1 Å². The third-order valence-corrected chi connectivity index (χ3v) is 4.82. The number of anilines is 1. The number of benzene rings is 1. The first kappa shape index (κ1) is 16.9. The monoisotopic (exact) mass is 338 g/mol. The fourth-order valence-electron chi connectivity index (χ4n) is 2.17. The van der Waals surface area contributed by atoms with Crippen LogP contribution in [0.5, 0.6) is 0 Å². The first-order chi connectivity index (χ1) is 10.8. The highest BCUT2D eigenvalue weighted by Crippen LogP contribution is 2.23. The van der Waals surface area contributed by atoms with Crippen LogP contribution in [0.1, 0.15) is 38.3 Å². The van der Waals surface area contributed by atoms with Gasteiger partial charge >= 0.3 is 0 Å². The average Bonchev–Trinajstić information content (AvgIpc) is 2.95. The van der Waals surface area contributed by atoms with Gasteiger partial charge in [-0.25, -0.2) is 8.42 Å². The molecule has 1 atom stereocenters. The van der Waals surface area contributed by atoms with Crippen molar-refractivity contribution in [3.63, 3.8) is 0 Å². The van der Waals surface area contributed by atoms with E-state index in [4.69, 9.17) is 0 Å². The van der Waals surface area contributed by atoms with Crippen molar-refractivity contribution in [2.45, 2.75) is 37.5 Å². The molecule has 1 aromatic carbocycles. The van der Waals surface area contributed by atoms with Crippen molar-refractivity contribution in [3.8, 4) is 0 Å². The van der Waals surface area contributed by atoms with Gasteiger partial charge in [0, 0.05) is 23.9 Å². The summed E-state index contributed by atoms with van der Waals surface area (Å²) in [6, 6.07) is 6.33. The number of aromatic amines is 1. The molecule has 0 aliphatic carbocycles. The Morgan fingerprint density at radius 2 is 2.00 bits per heavy atom. The lowest BCUT2D eigenvalue weighted by Gasteiger charge is -2.06. The van der Waals surface area contributed by atoms with Crippen LogP contribution in [0.3, 0.4) is 0 Å². The minimum atomic E-state index is -3.84. The Morgan fingerprint density at radius 1 is 1.35 bits per heavy atom. The molecular weight excluding hydrogens is 320 g/mol. The molecule has 2 rings (SSSR count). The van der Waals surface area contributed by atoms with E-state index in [1.807, 2.05) is 6.92 Å². The molecule has 0 unspecified atom stereocenters. The molecular formula is C14H18N4O4S. The minimum absolute atomic E-state index is 0.0609. The van der Waals surface area contributed by atoms with Crippen LogP contribution in [-0.2, 0) is 10.0 Å². The molecule has 1 aromatic heterocycles. The molecule has 9 heteroatoms. The number of nitro benzene ring substituents is 1. The molecule has 0 saturated carbocycles. The van der Waals surface area contributed by atoms with Gasteiger partial charge in [-0.05, 0) is 24.5 Å². The molecule has 0 saturated heterocycles. The average molecular weight is 338 g/mol. The van der Waals surface area contributed by atoms with Crippen molar-refractivity contribution in [1.29, 1.82) is 0 Å². The van der Waals surface area contributed by atoms with E-state index in [1.165, 1.54) is 12.1 Å². The SMILES string of the molecule is CCC[C@H](C)c1cc(NS(=O)(=O)c2ccc([N+](=O)[O-])cc2)n[nH]1. The van der Waals surface area contributed by atoms with E-state index < -0.39 is 14.9 Å². The molecule has 2 aromatic rings. The van der Waals surface area contributed by atoms with Gasteiger partial charge in [0.2, 0.25) is 0 Å². The molecule has 1 heterocycles. The summed E-state index contributed by atoms with van der Waals surface area (Å²) >= 11 is 0. The van der Waals surface area contributed by atoms with E-state index in [0.29, 0.717) is 0 Å². The van der Waals surface area contributed by atoms with Gasteiger partial charge in [0.1, 0.15) is 0 Å². The Morgan fingerprint density at radius 3 is 2.57 bits per heavy atom. The van der Waals surface area contributed by atoms with E-state index in [1.54, 1.807) is 6.07 Å². The number of rotatable bonds is 7. The maximum atomic E-state index is 12.3. The number of sulfonamides is 1. The summed E-state index contributed by atoms with van der Waals surface area (Å²) in [5.41, 5.74) is 0.688. The molecule has 0 aliphatic rings. The van der Waals surface area contributed by atoms with Crippen molar-refractivity contribution in [2.24, 2.45) is 0 Å². The van der Waals surface area contributed by atoms with Gasteiger partial charge in [-0.15, -0.1) is 0 Å². The third kappa shape index (κ3) is 4.07. The second kappa shape index (κ2) is 6.78. The lowest BCUT2D eigenvalue weighted by Crippen LogP contribution is -2.13. The van der Waals surface area contributed by atoms with Gasteiger partial charge in [0.05, 0.1) is 9.82 Å². The van der Waals surface area contributed by atoms with E-state index in [9.17, 15) is 18.5 Å². The predicted molar refractivity (Wildman–Crippen MR) is 85.8 cm³/mol. The van der Waals surface area contributed by atoms with Gasteiger partial charge in [0.25, 0.3) is 15.7 Å². The smallest absolute Gasteiger partial charge is 0.269 e. The zero-order valence-electron chi connectivity index (χ0n) is 12.8. The summed E-state index contributed by atoms with van der Waals surface area (Å²) in [5, 5.41) is 17.4. The summed E-state index contributed by atoms with van der Waals surface area (Å²) in [4.78, 5) is 9.95. The lowest BCUT2D eigenvalue weighted by molar-refractivity contribution is -0.384. The molecule has 0 aliphatic heterocycles. The fourth-order valence-corrected chi connectivity index (χ4v) is 3.17. The van der Waals surface area contributed by atoms with E-state index in [0.717, 1.165) is 30.7 Å². The molecule has 0 radical (unpaired) electrons. The summed E-state index contributed by atoms with van der Waals surface area (Å²) < 4.78 is 26.9. The highest BCUT2D eigenvalue weighted by molar-refractivity contribution is 7.92. The number of nitro groups is 1. The molecule has 124 valence electrons. The highest BCUT2D eigenvalue weighted by atomic mass is 32.2. The van der Waals surface area contributed by atoms with Gasteiger partial charge in [-0.3, -0.25) is 19.9 Å². The van der Waals surface area contributed by atoms with Crippen molar-refractivity contribution < 1.29 is 13.3 Å². The summed E-state index contributed by atoms with van der Waals surface area (Å²) in [6.45, 7) is 4.11. The third-order valence-electron chi connectivity index (χ3n) is 3.45. The Bertz CT molecular complexity index is 783. The van der Waals surface area contributed by atoms with E-state index in [-0.39, 0.29) is 22.3 Å². The molecule has 0 spiro atoms. The predicted octanol–water partition coefficient (Wildman–Crippen LogP) is 3.02. The van der Waals surface area contributed by atoms with Crippen LogP contribution >= 0.6 is 0 Å². The van der Waals surface area contributed by atoms with E-state index >= 15 is 0 Å². The maximum absolute atomic E-state index is 12.3. The Kier molecular flexibility index (Phi) is 4.99. The highest BCUT2D eigenvalue weighted by Gasteiger charge is 2.18. The van der Waals surface area contributed by atoms with Crippen molar-refractivity contribution in [1.82, 2.24) is 10.2 Å². The minimum Gasteiger partial charge on any atom is -0.280 e. The number of aromatic nitrogens is 2. The molecule has 0 amide bonds. The number of non-ortho nitro benzene ring substituents is 1. The van der Waals surface area contributed by atoms with Gasteiger partial charge in [-0.2, -0.15) is 5.10 Å². The molecule has 0 fully saturated rings. The molecule has 2 N–H and O–H groups in total. The van der Waals surface area contributed by atoms with Crippen LogP contribution in [-0.4, -0.2) is 23.5 Å². The zero-order valence-corrected chi connectivity index (χ0v) is 13.6. The molecule has 23 heavy (non-hydrogen) atoms. The first-order valence-electron chi connectivity index (χ1n) is 7.16. The summed E-state index contributed by atoms with van der Waals surface area (Å²) in [7, 11) is -3.84. The summed E-state index contributed by atoms with van der Waals surface area (Å²) in [6.07, 6.45) is 1.99. The maximum Gasteiger partial charge on any atom is 0.269 e.